The van der Waals surface area contributed by atoms with Crippen LogP contribution in [0.3, 0.4) is 0 Å². The largest absolute Gasteiger partial charge is 0.371 e. The molecule has 0 spiro atoms. The number of anilines is 1. The van der Waals surface area contributed by atoms with Gasteiger partial charge in [0.15, 0.2) is 0 Å². The van der Waals surface area contributed by atoms with Crippen LogP contribution in [0.2, 0.25) is 5.02 Å². The molecular weight excluding hydrogens is 244 g/mol. The Morgan fingerprint density at radius 3 is 2.67 bits per heavy atom. The first-order chi connectivity index (χ1) is 8.53. The van der Waals surface area contributed by atoms with Gasteiger partial charge in [-0.2, -0.15) is 5.26 Å². The van der Waals surface area contributed by atoms with Crippen LogP contribution in [0, 0.1) is 22.7 Å². The van der Waals surface area contributed by atoms with Gasteiger partial charge < -0.3 is 4.90 Å². The summed E-state index contributed by atoms with van der Waals surface area (Å²) in [7, 11) is 0. The van der Waals surface area contributed by atoms with Gasteiger partial charge in [-0.1, -0.05) is 25.4 Å². The summed E-state index contributed by atoms with van der Waals surface area (Å²) in [5.41, 5.74) is 1.47. The molecule has 1 aliphatic rings. The molecule has 3 heteroatoms. The van der Waals surface area contributed by atoms with Crippen LogP contribution in [0.4, 0.5) is 5.69 Å². The molecule has 0 aromatic heterocycles. The zero-order valence-corrected chi connectivity index (χ0v) is 11.7. The van der Waals surface area contributed by atoms with Crippen LogP contribution in [0.15, 0.2) is 24.3 Å². The summed E-state index contributed by atoms with van der Waals surface area (Å²) in [6.45, 7) is 6.56. The lowest BCUT2D eigenvalue weighted by molar-refractivity contribution is 0.174. The second kappa shape index (κ2) is 5.20. The van der Waals surface area contributed by atoms with E-state index in [0.29, 0.717) is 12.3 Å². The minimum absolute atomic E-state index is 0.263. The molecule has 1 atom stereocenters. The molecule has 18 heavy (non-hydrogen) atoms. The van der Waals surface area contributed by atoms with E-state index < -0.39 is 0 Å². The van der Waals surface area contributed by atoms with Crippen molar-refractivity contribution in [1.82, 2.24) is 0 Å². The Balaban J connectivity index is 2.13. The fourth-order valence-electron chi connectivity index (χ4n) is 2.57. The summed E-state index contributed by atoms with van der Waals surface area (Å²) in [6.07, 6.45) is 1.76. The van der Waals surface area contributed by atoms with Gasteiger partial charge in [0.25, 0.3) is 0 Å². The van der Waals surface area contributed by atoms with E-state index in [0.717, 1.165) is 24.5 Å². The van der Waals surface area contributed by atoms with Crippen molar-refractivity contribution in [1.29, 1.82) is 5.26 Å². The first kappa shape index (κ1) is 13.2. The number of benzene rings is 1. The summed E-state index contributed by atoms with van der Waals surface area (Å²) in [4.78, 5) is 2.36. The van der Waals surface area contributed by atoms with Crippen LogP contribution < -0.4 is 4.90 Å². The molecule has 1 heterocycles. The van der Waals surface area contributed by atoms with E-state index in [1.807, 2.05) is 12.1 Å². The van der Waals surface area contributed by atoms with Gasteiger partial charge >= 0.3 is 0 Å². The molecule has 0 bridgehead atoms. The van der Waals surface area contributed by atoms with Gasteiger partial charge in [-0.3, -0.25) is 0 Å². The van der Waals surface area contributed by atoms with Gasteiger partial charge in [0, 0.05) is 30.2 Å². The van der Waals surface area contributed by atoms with Gasteiger partial charge in [-0.05, 0) is 42.0 Å². The van der Waals surface area contributed by atoms with Gasteiger partial charge in [0.05, 0.1) is 6.07 Å². The van der Waals surface area contributed by atoms with Crippen molar-refractivity contribution in [3.8, 4) is 6.07 Å². The quantitative estimate of drug-likeness (QED) is 0.802. The lowest BCUT2D eigenvalue weighted by Crippen LogP contribution is -2.44. The SMILES string of the molecule is CC1(C)CCN(c2ccc(Cl)cc2)CC1CC#N. The number of nitriles is 1. The van der Waals surface area contributed by atoms with E-state index in [-0.39, 0.29) is 5.41 Å². The predicted octanol–water partition coefficient (Wildman–Crippen LogP) is 4.11. The molecule has 1 unspecified atom stereocenters. The molecule has 0 saturated carbocycles. The van der Waals surface area contributed by atoms with Gasteiger partial charge in [-0.25, -0.2) is 0 Å². The van der Waals surface area contributed by atoms with Crippen LogP contribution in [0.25, 0.3) is 0 Å². The number of rotatable bonds is 2. The van der Waals surface area contributed by atoms with Crippen molar-refractivity contribution in [2.75, 3.05) is 18.0 Å². The molecule has 1 aromatic rings. The molecule has 0 aliphatic carbocycles. The van der Waals surface area contributed by atoms with Crippen molar-refractivity contribution < 1.29 is 0 Å². The highest BCUT2D eigenvalue weighted by Gasteiger charge is 2.35. The smallest absolute Gasteiger partial charge is 0.0625 e. The lowest BCUT2D eigenvalue weighted by atomic mass is 9.72. The molecule has 2 rings (SSSR count). The minimum atomic E-state index is 0.263. The van der Waals surface area contributed by atoms with E-state index in [4.69, 9.17) is 16.9 Å². The molecule has 0 N–H and O–H groups in total. The third-order valence-electron chi connectivity index (χ3n) is 4.10. The highest BCUT2D eigenvalue weighted by Crippen LogP contribution is 2.38. The van der Waals surface area contributed by atoms with Gasteiger partial charge in [0.2, 0.25) is 0 Å². The maximum absolute atomic E-state index is 8.96. The second-order valence-electron chi connectivity index (χ2n) is 5.72. The summed E-state index contributed by atoms with van der Waals surface area (Å²) in [5.74, 6) is 0.437. The average Bonchev–Trinajstić information content (AvgIpc) is 2.33. The number of piperidine rings is 1. The molecule has 1 aromatic carbocycles. The molecule has 1 saturated heterocycles. The van der Waals surface area contributed by atoms with Crippen molar-refractivity contribution in [3.05, 3.63) is 29.3 Å². The van der Waals surface area contributed by atoms with Crippen molar-refractivity contribution in [3.63, 3.8) is 0 Å². The average molecular weight is 263 g/mol. The Morgan fingerprint density at radius 2 is 2.06 bits per heavy atom. The molecular formula is C15H19ClN2. The first-order valence-corrected chi connectivity index (χ1v) is 6.78. The number of hydrogen-bond acceptors (Lipinski definition) is 2. The monoisotopic (exact) mass is 262 g/mol. The van der Waals surface area contributed by atoms with Gasteiger partial charge in [-0.15, -0.1) is 0 Å². The summed E-state index contributed by atoms with van der Waals surface area (Å²) < 4.78 is 0. The van der Waals surface area contributed by atoms with Crippen LogP contribution in [-0.2, 0) is 0 Å². The summed E-state index contributed by atoms with van der Waals surface area (Å²) in [5, 5.41) is 9.73. The van der Waals surface area contributed by atoms with E-state index >= 15 is 0 Å². The Hall–Kier alpha value is -1.20. The maximum Gasteiger partial charge on any atom is 0.0625 e. The van der Waals surface area contributed by atoms with Crippen molar-refractivity contribution >= 4 is 17.3 Å². The fourth-order valence-corrected chi connectivity index (χ4v) is 2.70. The normalized spacial score (nSPS) is 22.6. The van der Waals surface area contributed by atoms with Crippen LogP contribution in [0.1, 0.15) is 26.7 Å². The van der Waals surface area contributed by atoms with Gasteiger partial charge in [0.1, 0.15) is 0 Å². The lowest BCUT2D eigenvalue weighted by Gasteiger charge is -2.44. The Morgan fingerprint density at radius 1 is 1.39 bits per heavy atom. The standard InChI is InChI=1S/C15H19ClN2/c1-15(2)8-10-18(11-12(15)7-9-17)14-5-3-13(16)4-6-14/h3-6,12H,7-8,10-11H2,1-2H3. The zero-order valence-electron chi connectivity index (χ0n) is 11.0. The fraction of sp³-hybridized carbons (Fsp3) is 0.533. The number of hydrogen-bond donors (Lipinski definition) is 0. The third kappa shape index (κ3) is 2.79. The summed E-state index contributed by atoms with van der Waals surface area (Å²) >= 11 is 5.91. The molecule has 1 fully saturated rings. The van der Waals surface area contributed by atoms with Crippen LogP contribution >= 0.6 is 11.6 Å². The van der Waals surface area contributed by atoms with E-state index in [2.05, 4.69) is 36.9 Å². The molecule has 96 valence electrons. The molecule has 2 nitrogen and oxygen atoms in total. The topological polar surface area (TPSA) is 27.0 Å². The maximum atomic E-state index is 8.96. The second-order valence-corrected chi connectivity index (χ2v) is 6.16. The summed E-state index contributed by atoms with van der Waals surface area (Å²) in [6, 6.07) is 10.3. The number of halogens is 1. The molecule has 0 radical (unpaired) electrons. The molecule has 0 amide bonds. The number of nitrogens with zero attached hydrogens (tertiary/aromatic N) is 2. The zero-order chi connectivity index (χ0) is 13.2. The van der Waals surface area contributed by atoms with E-state index in [1.54, 1.807) is 0 Å². The van der Waals surface area contributed by atoms with Crippen molar-refractivity contribution in [2.24, 2.45) is 11.3 Å². The van der Waals surface area contributed by atoms with Crippen LogP contribution in [0.5, 0.6) is 0 Å². The van der Waals surface area contributed by atoms with Crippen LogP contribution in [-0.4, -0.2) is 13.1 Å². The van der Waals surface area contributed by atoms with E-state index in [1.165, 1.54) is 5.69 Å². The Labute approximate surface area is 114 Å². The van der Waals surface area contributed by atoms with E-state index in [9.17, 15) is 0 Å². The van der Waals surface area contributed by atoms with Crippen molar-refractivity contribution in [2.45, 2.75) is 26.7 Å². The minimum Gasteiger partial charge on any atom is -0.371 e. The first-order valence-electron chi connectivity index (χ1n) is 6.40. The molecule has 1 aliphatic heterocycles. The predicted molar refractivity (Wildman–Crippen MR) is 75.8 cm³/mol. The Bertz CT molecular complexity index is 445. The Kier molecular flexibility index (Phi) is 3.82. The third-order valence-corrected chi connectivity index (χ3v) is 4.35. The highest BCUT2D eigenvalue weighted by molar-refractivity contribution is 6.30. The highest BCUT2D eigenvalue weighted by atomic mass is 35.5.